The van der Waals surface area contributed by atoms with Crippen LogP contribution in [0, 0.1) is 11.8 Å². The molecule has 10 atom stereocenters. The number of nitrogens with zero attached hydrogens (tertiary/aromatic N) is 4. The Hall–Kier alpha value is -10.7. The predicted molar refractivity (Wildman–Crippen MR) is 347 cm³/mol. The molecule has 2 N–H and O–H groups in total. The van der Waals surface area contributed by atoms with Crippen LogP contribution >= 0.6 is 11.6 Å². The zero-order chi connectivity index (χ0) is 68.6. The molecule has 2 amide bonds. The molecule has 2 saturated heterocycles. The summed E-state index contributed by atoms with van der Waals surface area (Å²) in [4.78, 5) is 128. The third-order valence-corrected chi connectivity index (χ3v) is 16.0. The number of hydrogen-bond acceptors (Lipinski definition) is 21. The van der Waals surface area contributed by atoms with Crippen molar-refractivity contribution in [3.8, 4) is 0 Å². The summed E-state index contributed by atoms with van der Waals surface area (Å²) in [6, 6.07) is 51.5. The fraction of sp³-hybridized carbons (Fsp3) is 0.306. The Morgan fingerprint density at radius 1 is 0.495 bits per heavy atom. The molecule has 2 fully saturated rings. The highest BCUT2D eigenvalue weighted by Crippen LogP contribution is 2.41. The van der Waals surface area contributed by atoms with E-state index in [0.29, 0.717) is 16.8 Å². The quantitative estimate of drug-likeness (QED) is 0.0275. The highest BCUT2D eigenvalue weighted by atomic mass is 35.5. The molecule has 0 spiro atoms. The molecule has 504 valence electrons. The number of esters is 5. The Balaban J connectivity index is 0.000000229. The molecule has 10 rings (SSSR count). The second-order valence-corrected chi connectivity index (χ2v) is 23.0. The number of Topliss-reactive ketones (excluding diaryl/α,β-unsaturated/α-hetero) is 2. The van der Waals surface area contributed by atoms with Crippen molar-refractivity contribution in [3.63, 3.8) is 0 Å². The number of amides is 2. The van der Waals surface area contributed by atoms with Crippen molar-refractivity contribution in [2.75, 3.05) is 13.2 Å². The first-order chi connectivity index (χ1) is 47.0. The maximum atomic E-state index is 14.3. The zero-order valence-corrected chi connectivity index (χ0v) is 53.9. The van der Waals surface area contributed by atoms with Crippen LogP contribution in [0.15, 0.2) is 195 Å². The number of halogens is 1. The molecule has 0 radical (unpaired) electrons. The Labute approximate surface area is 563 Å². The molecular formula is C72H71ClN6O18. The maximum absolute atomic E-state index is 14.3. The van der Waals surface area contributed by atoms with Crippen LogP contribution in [-0.2, 0) is 92.7 Å². The molecule has 0 aliphatic carbocycles. The number of nitrogens with one attached hydrogen (secondary N) is 2. The summed E-state index contributed by atoms with van der Waals surface area (Å²) in [5, 5.41) is 5.53. The van der Waals surface area contributed by atoms with Gasteiger partial charge in [-0.15, -0.1) is 0 Å². The molecule has 0 bridgehead atoms. The Kier molecular flexibility index (Phi) is 25.6. The summed E-state index contributed by atoms with van der Waals surface area (Å²) in [6.07, 6.45) is -4.93. The topological polar surface area (TPSA) is 304 Å². The summed E-state index contributed by atoms with van der Waals surface area (Å²) >= 11 is 6.27. The summed E-state index contributed by atoms with van der Waals surface area (Å²) in [6.45, 7) is 3.14. The number of rotatable bonds is 27. The number of alkyl carbamates (subject to hydrolysis) is 2. The van der Waals surface area contributed by atoms with E-state index in [4.69, 9.17) is 54.2 Å². The van der Waals surface area contributed by atoms with E-state index in [9.17, 15) is 43.2 Å². The summed E-state index contributed by atoms with van der Waals surface area (Å²) in [5.41, 5.74) is 4.44. The van der Waals surface area contributed by atoms with Crippen molar-refractivity contribution < 1.29 is 85.8 Å². The first-order valence-corrected chi connectivity index (χ1v) is 31.5. The standard InChI is InChI=1S/C37H34ClN5O8.C35H37NO10/c1-23(44)50-32-27(18-29(45)28(17-24-11-5-2-6-12-24)42-37(47)49-19-25-13-7-3-8-14-25)30(20-48-36(46)26-15-9-4-10-16-26)51-35(32)43-22-41-31-33(38)39-21-40-34(31)43;1-23(37)44-32-28(31(46-34(32)45-24(2)38)22-42-33(40)27-16-10-5-11-17-27)18-19-30(39)29(20-25-12-6-3-7-13-25)36-35(41)43-21-26-14-8-4-9-15-26/h2-16,21-22,27-28,30,32,35H,17-20H2,1H3,(H,42,47);3-17,28-29,31-32,34H,18-22H2,1-2H3,(H,36,41)/t27-,28-,30+,32?,35+;28-,29-,31+,32?,34?/m00/s1. The monoisotopic (exact) mass is 1340 g/mol. The number of benzene rings is 6. The fourth-order valence-corrected chi connectivity index (χ4v) is 11.3. The first kappa shape index (κ1) is 70.6. The van der Waals surface area contributed by atoms with E-state index in [1.54, 1.807) is 60.7 Å². The van der Waals surface area contributed by atoms with Gasteiger partial charge < -0.3 is 53.3 Å². The lowest BCUT2D eigenvalue weighted by molar-refractivity contribution is -0.195. The minimum atomic E-state index is -1.27. The average molecular weight is 1340 g/mol. The van der Waals surface area contributed by atoms with E-state index >= 15 is 0 Å². The van der Waals surface area contributed by atoms with Gasteiger partial charge in [0.15, 0.2) is 40.8 Å². The van der Waals surface area contributed by atoms with E-state index in [2.05, 4.69) is 25.6 Å². The number of fused-ring (bicyclic) bond motifs is 1. The normalized spacial score (nSPS) is 19.1. The molecule has 8 aromatic rings. The van der Waals surface area contributed by atoms with Gasteiger partial charge in [0, 0.05) is 45.4 Å². The van der Waals surface area contributed by atoms with Crippen molar-refractivity contribution in [1.82, 2.24) is 30.2 Å². The molecule has 25 heteroatoms. The third kappa shape index (κ3) is 20.7. The van der Waals surface area contributed by atoms with Gasteiger partial charge in [0.2, 0.25) is 6.29 Å². The van der Waals surface area contributed by atoms with Crippen LogP contribution in [0.5, 0.6) is 0 Å². The highest BCUT2D eigenvalue weighted by Gasteiger charge is 2.51. The minimum absolute atomic E-state index is 0.00683. The molecule has 2 aliphatic heterocycles. The molecule has 2 aromatic heterocycles. The van der Waals surface area contributed by atoms with Crippen LogP contribution in [-0.4, -0.2) is 129 Å². The van der Waals surface area contributed by atoms with Gasteiger partial charge in [-0.2, -0.15) is 0 Å². The van der Waals surface area contributed by atoms with Crippen LogP contribution in [0.1, 0.15) is 89.2 Å². The smallest absolute Gasteiger partial charge is 0.408 e. The SMILES string of the molecule is CC(=O)OC1O[C@H](COC(=O)c2ccccc2)[C@H](CCC(=O)[C@H](Cc2ccccc2)NC(=O)OCc2ccccc2)C1OC(C)=O.CC(=O)OC1[C@@H](CC(=O)[C@H](Cc2ccccc2)NC(=O)OCc2ccccc2)[C@@H](COC(=O)c2ccccc2)O[C@H]1n1cnc2c(Cl)ncnc21. The van der Waals surface area contributed by atoms with E-state index in [1.165, 1.54) is 38.0 Å². The first-order valence-electron chi connectivity index (χ1n) is 31.1. The number of carbonyl (C=O) groups is 9. The Morgan fingerprint density at radius 3 is 1.40 bits per heavy atom. The molecular weight excluding hydrogens is 1270 g/mol. The number of ketones is 2. The van der Waals surface area contributed by atoms with Crippen molar-refractivity contribution in [2.24, 2.45) is 11.8 Å². The summed E-state index contributed by atoms with van der Waals surface area (Å²) in [7, 11) is 0. The fourth-order valence-electron chi connectivity index (χ4n) is 11.1. The molecule has 6 aromatic carbocycles. The number of hydrogen-bond donors (Lipinski definition) is 2. The van der Waals surface area contributed by atoms with Gasteiger partial charge in [0.05, 0.1) is 29.5 Å². The van der Waals surface area contributed by atoms with Crippen molar-refractivity contribution in [2.45, 2.75) is 115 Å². The molecule has 3 unspecified atom stereocenters. The Morgan fingerprint density at radius 2 is 0.928 bits per heavy atom. The molecule has 97 heavy (non-hydrogen) atoms. The highest BCUT2D eigenvalue weighted by molar-refractivity contribution is 6.33. The molecule has 0 saturated carbocycles. The van der Waals surface area contributed by atoms with E-state index in [1.807, 2.05) is 121 Å². The minimum Gasteiger partial charge on any atom is -0.459 e. The Bertz CT molecular complexity index is 3950. The van der Waals surface area contributed by atoms with Crippen molar-refractivity contribution >= 4 is 76.4 Å². The summed E-state index contributed by atoms with van der Waals surface area (Å²) in [5.74, 6) is -5.37. The largest absolute Gasteiger partial charge is 0.459 e. The van der Waals surface area contributed by atoms with Crippen LogP contribution in [0.3, 0.4) is 0 Å². The third-order valence-electron chi connectivity index (χ3n) is 15.7. The van der Waals surface area contributed by atoms with Crippen LogP contribution in [0.4, 0.5) is 9.59 Å². The van der Waals surface area contributed by atoms with Crippen molar-refractivity contribution in [3.05, 3.63) is 233 Å². The van der Waals surface area contributed by atoms with Gasteiger partial charge in [-0.1, -0.05) is 169 Å². The number of carbonyl (C=O) groups excluding carboxylic acids is 9. The van der Waals surface area contributed by atoms with E-state index < -0.39 is 103 Å². The van der Waals surface area contributed by atoms with Gasteiger partial charge in [0.25, 0.3) is 0 Å². The van der Waals surface area contributed by atoms with Crippen LogP contribution in [0.2, 0.25) is 5.15 Å². The molecule has 4 heterocycles. The zero-order valence-electron chi connectivity index (χ0n) is 53.1. The van der Waals surface area contributed by atoms with Gasteiger partial charge in [-0.25, -0.2) is 34.1 Å². The van der Waals surface area contributed by atoms with Gasteiger partial charge in [0.1, 0.15) is 50.5 Å². The van der Waals surface area contributed by atoms with Gasteiger partial charge in [-0.3, -0.25) is 28.5 Å². The van der Waals surface area contributed by atoms with E-state index in [0.717, 1.165) is 22.3 Å². The lowest BCUT2D eigenvalue weighted by Gasteiger charge is -2.26. The van der Waals surface area contributed by atoms with Crippen LogP contribution in [0.25, 0.3) is 11.2 Å². The number of imidazole rings is 1. The lowest BCUT2D eigenvalue weighted by atomic mass is 9.88. The summed E-state index contributed by atoms with van der Waals surface area (Å²) < 4.78 is 52.5. The van der Waals surface area contributed by atoms with Crippen molar-refractivity contribution in [1.29, 1.82) is 0 Å². The molecule has 2 aliphatic rings. The van der Waals surface area contributed by atoms with Gasteiger partial charge in [-0.05, 0) is 65.8 Å². The number of ether oxygens (including phenoxy) is 9. The van der Waals surface area contributed by atoms with Gasteiger partial charge >= 0.3 is 42.0 Å². The second-order valence-electron chi connectivity index (χ2n) is 22.7. The second kappa shape index (κ2) is 35.2. The number of aromatic nitrogens is 4. The molecule has 24 nitrogen and oxygen atoms in total. The maximum Gasteiger partial charge on any atom is 0.408 e. The average Bonchev–Trinajstić information content (AvgIpc) is 1.62. The van der Waals surface area contributed by atoms with E-state index in [-0.39, 0.29) is 80.8 Å². The van der Waals surface area contributed by atoms with Crippen LogP contribution < -0.4 is 10.6 Å². The lowest BCUT2D eigenvalue weighted by Crippen LogP contribution is -2.45. The predicted octanol–water partition coefficient (Wildman–Crippen LogP) is 9.85.